The first-order valence-electron chi connectivity index (χ1n) is 32.6. The monoisotopic (exact) mass is 1100 g/mol. The molecule has 0 rings (SSSR count). The summed E-state index contributed by atoms with van der Waals surface area (Å²) in [4.78, 5) is 37.7. The number of ether oxygens (including phenoxy) is 1. The minimum Gasteiger partial charge on any atom is -0.456 e. The molecule has 0 radical (unpaired) electrons. The van der Waals surface area contributed by atoms with Crippen molar-refractivity contribution in [3.8, 4) is 0 Å². The number of hydrogen-bond donors (Lipinski definition) is 2. The summed E-state index contributed by atoms with van der Waals surface area (Å²) in [7, 11) is 1.50. The molecule has 0 aromatic rings. The SMILES string of the molecule is CCCCC/C=C\C/C=C\C/C=C\CCCCCCCCCCCCCCC(=O)OC(/C=C\CCCCCCCCCCC)C(COP(=O)(O)OCC[N+](C)(C)C)NC(=O)CCCCCCCCC/C=C\CCCCCC. The zero-order valence-electron chi connectivity index (χ0n) is 51.5. The van der Waals surface area contributed by atoms with Gasteiger partial charge in [-0.25, -0.2) is 4.57 Å². The van der Waals surface area contributed by atoms with E-state index in [-0.39, 0.29) is 31.5 Å². The van der Waals surface area contributed by atoms with Gasteiger partial charge in [0.15, 0.2) is 0 Å². The van der Waals surface area contributed by atoms with E-state index in [2.05, 4.69) is 74.7 Å². The predicted molar refractivity (Wildman–Crippen MR) is 332 cm³/mol. The maximum atomic E-state index is 13.5. The van der Waals surface area contributed by atoms with Crippen molar-refractivity contribution in [2.45, 2.75) is 315 Å². The molecule has 0 heterocycles. The highest BCUT2D eigenvalue weighted by Gasteiger charge is 2.30. The molecule has 0 spiro atoms. The molecule has 1 amide bonds. The van der Waals surface area contributed by atoms with Crippen molar-refractivity contribution >= 4 is 19.7 Å². The van der Waals surface area contributed by atoms with E-state index in [1.165, 1.54) is 186 Å². The summed E-state index contributed by atoms with van der Waals surface area (Å²) in [5, 5.41) is 3.06. The predicted octanol–water partition coefficient (Wildman–Crippen LogP) is 20.2. The molecule has 0 saturated heterocycles. The van der Waals surface area contributed by atoms with Crippen molar-refractivity contribution in [2.75, 3.05) is 40.9 Å². The van der Waals surface area contributed by atoms with Gasteiger partial charge in [0.05, 0.1) is 33.8 Å². The molecule has 10 heteroatoms. The Balaban J connectivity index is 5.08. The number of nitrogens with one attached hydrogen (secondary N) is 1. The number of phosphoric ester groups is 1. The van der Waals surface area contributed by atoms with Crippen LogP contribution in [0, 0.1) is 0 Å². The number of allylic oxidation sites excluding steroid dienone is 9. The Morgan fingerprint density at radius 3 is 1.23 bits per heavy atom. The first kappa shape index (κ1) is 74.7. The summed E-state index contributed by atoms with van der Waals surface area (Å²) in [5.74, 6) is -0.506. The van der Waals surface area contributed by atoms with Crippen LogP contribution in [0.25, 0.3) is 0 Å². The minimum atomic E-state index is -4.45. The number of phosphoric acid groups is 1. The van der Waals surface area contributed by atoms with E-state index in [9.17, 15) is 19.0 Å². The number of rotatable bonds is 59. The van der Waals surface area contributed by atoms with Gasteiger partial charge in [-0.2, -0.15) is 0 Å². The number of quaternary nitrogens is 1. The lowest BCUT2D eigenvalue weighted by Gasteiger charge is -2.27. The quantitative estimate of drug-likeness (QED) is 0.0205. The van der Waals surface area contributed by atoms with Gasteiger partial charge in [-0.15, -0.1) is 0 Å². The van der Waals surface area contributed by atoms with E-state index in [1.807, 2.05) is 33.3 Å². The van der Waals surface area contributed by atoms with Gasteiger partial charge in [-0.05, 0) is 96.0 Å². The maximum Gasteiger partial charge on any atom is 0.472 e. The summed E-state index contributed by atoms with van der Waals surface area (Å²) in [6, 6.07) is -0.851. The lowest BCUT2D eigenvalue weighted by atomic mass is 10.0. The van der Waals surface area contributed by atoms with E-state index in [4.69, 9.17) is 13.8 Å². The summed E-state index contributed by atoms with van der Waals surface area (Å²) in [6.45, 7) is 6.98. The van der Waals surface area contributed by atoms with Crippen LogP contribution in [-0.2, 0) is 27.9 Å². The van der Waals surface area contributed by atoms with Gasteiger partial charge in [0.25, 0.3) is 0 Å². The van der Waals surface area contributed by atoms with Crippen LogP contribution < -0.4 is 5.32 Å². The lowest BCUT2D eigenvalue weighted by Crippen LogP contribution is -2.47. The van der Waals surface area contributed by atoms with Gasteiger partial charge in [0.2, 0.25) is 5.91 Å². The Morgan fingerprint density at radius 1 is 0.455 bits per heavy atom. The number of nitrogens with zero attached hydrogens (tertiary/aromatic N) is 1. The van der Waals surface area contributed by atoms with Gasteiger partial charge < -0.3 is 19.4 Å². The lowest BCUT2D eigenvalue weighted by molar-refractivity contribution is -0.870. The smallest absolute Gasteiger partial charge is 0.456 e. The third kappa shape index (κ3) is 58.2. The topological polar surface area (TPSA) is 111 Å². The summed E-state index contributed by atoms with van der Waals surface area (Å²) < 4.78 is 30.7. The third-order valence-electron chi connectivity index (χ3n) is 14.4. The Labute approximate surface area is 477 Å². The van der Waals surface area contributed by atoms with Crippen LogP contribution in [0.2, 0.25) is 0 Å². The molecule has 0 aromatic carbocycles. The highest BCUT2D eigenvalue weighted by molar-refractivity contribution is 7.47. The number of hydrogen-bond acceptors (Lipinski definition) is 6. The largest absolute Gasteiger partial charge is 0.472 e. The second kappa shape index (κ2) is 57.0. The third-order valence-corrected chi connectivity index (χ3v) is 15.4. The molecule has 0 bridgehead atoms. The van der Waals surface area contributed by atoms with Crippen LogP contribution in [0.15, 0.2) is 60.8 Å². The highest BCUT2D eigenvalue weighted by atomic mass is 31.2. The summed E-state index contributed by atoms with van der Waals surface area (Å²) >= 11 is 0. The molecule has 9 nitrogen and oxygen atoms in total. The number of carbonyl (C=O) groups is 2. The Bertz CT molecular complexity index is 1500. The molecule has 3 unspecified atom stereocenters. The van der Waals surface area contributed by atoms with Gasteiger partial charge in [-0.1, -0.05) is 255 Å². The van der Waals surface area contributed by atoms with Crippen molar-refractivity contribution in [2.24, 2.45) is 0 Å². The molecule has 0 aliphatic rings. The van der Waals surface area contributed by atoms with Crippen molar-refractivity contribution < 1.29 is 37.3 Å². The fraction of sp³-hybridized carbons (Fsp3) is 0.821. The average molecular weight is 1100 g/mol. The van der Waals surface area contributed by atoms with Crippen molar-refractivity contribution in [3.63, 3.8) is 0 Å². The van der Waals surface area contributed by atoms with Crippen LogP contribution in [-0.4, -0.2) is 74.3 Å². The molecule has 0 saturated carbocycles. The van der Waals surface area contributed by atoms with Crippen molar-refractivity contribution in [1.82, 2.24) is 5.32 Å². The molecule has 0 fully saturated rings. The van der Waals surface area contributed by atoms with Gasteiger partial charge in [0, 0.05) is 12.8 Å². The number of unbranched alkanes of at least 4 members (excludes halogenated alkanes) is 35. The van der Waals surface area contributed by atoms with E-state index >= 15 is 0 Å². The van der Waals surface area contributed by atoms with E-state index in [0.717, 1.165) is 83.5 Å². The summed E-state index contributed by atoms with van der Waals surface area (Å²) in [5.41, 5.74) is 0. The maximum absolute atomic E-state index is 13.5. The Kier molecular flexibility index (Phi) is 55.3. The normalized spacial score (nSPS) is 14.0. The molecule has 0 aliphatic heterocycles. The molecule has 77 heavy (non-hydrogen) atoms. The second-order valence-electron chi connectivity index (χ2n) is 23.3. The number of carbonyl (C=O) groups excluding carboxylic acids is 2. The number of esters is 1. The fourth-order valence-corrected chi connectivity index (χ4v) is 10.1. The van der Waals surface area contributed by atoms with Crippen molar-refractivity contribution in [3.05, 3.63) is 60.8 Å². The minimum absolute atomic E-state index is 0.0388. The van der Waals surface area contributed by atoms with Crippen LogP contribution in [0.4, 0.5) is 0 Å². The van der Waals surface area contributed by atoms with Gasteiger partial charge in [-0.3, -0.25) is 18.6 Å². The molecule has 0 aromatic heterocycles. The molecule has 0 aliphatic carbocycles. The Hall–Kier alpha value is -2.29. The zero-order chi connectivity index (χ0) is 56.4. The fourth-order valence-electron chi connectivity index (χ4n) is 9.35. The first-order valence-corrected chi connectivity index (χ1v) is 34.1. The first-order chi connectivity index (χ1) is 37.4. The standard InChI is InChI=1S/C67H125N2O7P/c1-7-10-13-16-19-22-25-27-29-30-31-32-33-34-35-36-37-38-40-42-45-48-51-54-57-60-67(71)76-65(58-55-52-49-46-43-24-21-18-15-12-9-3)64(63-75-77(72,73)74-62-61-69(4,5)6)68-66(70)59-56-53-50-47-44-41-39-28-26-23-20-17-14-11-8-2/h19,22-23,26-27,29,31-32,55,58,64-65H,7-18,20-21,24-25,28,30,33-54,56-57,59-63H2,1-6H3,(H-,68,70,72,73)/p+1/b22-19-,26-23-,29-27-,32-31-,58-55-. The van der Waals surface area contributed by atoms with E-state index < -0.39 is 20.0 Å². The molecule has 450 valence electrons. The molecular formula is C67H126N2O7P+. The molecule has 3 atom stereocenters. The van der Waals surface area contributed by atoms with E-state index in [0.29, 0.717) is 17.4 Å². The Morgan fingerprint density at radius 2 is 0.792 bits per heavy atom. The van der Waals surface area contributed by atoms with Crippen molar-refractivity contribution in [1.29, 1.82) is 0 Å². The van der Waals surface area contributed by atoms with Crippen LogP contribution in [0.5, 0.6) is 0 Å². The van der Waals surface area contributed by atoms with E-state index in [1.54, 1.807) is 0 Å². The van der Waals surface area contributed by atoms with Gasteiger partial charge in [0.1, 0.15) is 19.3 Å². The second-order valence-corrected chi connectivity index (χ2v) is 24.7. The molecular weight excluding hydrogens is 976 g/mol. The summed E-state index contributed by atoms with van der Waals surface area (Å²) in [6.07, 6.45) is 72.2. The van der Waals surface area contributed by atoms with Crippen LogP contribution in [0.3, 0.4) is 0 Å². The zero-order valence-corrected chi connectivity index (χ0v) is 52.3. The van der Waals surface area contributed by atoms with Crippen LogP contribution in [0.1, 0.15) is 303 Å². The number of likely N-dealkylation sites (N-methyl/N-ethyl adjacent to an activating group) is 1. The molecule has 2 N–H and O–H groups in total. The highest BCUT2D eigenvalue weighted by Crippen LogP contribution is 2.43. The van der Waals surface area contributed by atoms with Crippen LogP contribution >= 0.6 is 7.82 Å². The number of amides is 1. The average Bonchev–Trinajstić information content (AvgIpc) is 3.39. The van der Waals surface area contributed by atoms with Gasteiger partial charge >= 0.3 is 13.8 Å².